The molecule has 0 bridgehead atoms. The van der Waals surface area contributed by atoms with Crippen molar-refractivity contribution < 1.29 is 13.2 Å². The molecule has 0 heterocycles. The fourth-order valence-corrected chi connectivity index (χ4v) is 1.37. The lowest BCUT2D eigenvalue weighted by Gasteiger charge is -2.18. The lowest BCUT2D eigenvalue weighted by Crippen LogP contribution is -2.35. The Kier molecular flexibility index (Phi) is 4.32. The topological polar surface area (TPSA) is 38.0 Å². The van der Waals surface area contributed by atoms with Gasteiger partial charge in [0, 0.05) is 12.6 Å². The predicted molar refractivity (Wildman–Crippen MR) is 57.0 cm³/mol. The number of rotatable bonds is 4. The van der Waals surface area contributed by atoms with Crippen LogP contribution in [0.2, 0.25) is 0 Å². The summed E-state index contributed by atoms with van der Waals surface area (Å²) in [5.74, 6) is 0. The third kappa shape index (κ3) is 4.20. The maximum atomic E-state index is 12.0. The number of aryl methyl sites for hydroxylation is 1. The average Bonchev–Trinajstić information content (AvgIpc) is 2.20. The van der Waals surface area contributed by atoms with Crippen molar-refractivity contribution in [3.05, 3.63) is 35.4 Å². The second-order valence-corrected chi connectivity index (χ2v) is 3.70. The van der Waals surface area contributed by atoms with Crippen molar-refractivity contribution in [2.24, 2.45) is 5.73 Å². The van der Waals surface area contributed by atoms with Crippen molar-refractivity contribution in [3.8, 4) is 0 Å². The van der Waals surface area contributed by atoms with E-state index in [1.165, 1.54) is 0 Å². The molecule has 0 saturated heterocycles. The number of hydrogen-bond acceptors (Lipinski definition) is 2. The lowest BCUT2D eigenvalue weighted by atomic mass is 10.1. The van der Waals surface area contributed by atoms with E-state index in [-0.39, 0.29) is 6.54 Å². The molecule has 0 amide bonds. The van der Waals surface area contributed by atoms with Crippen LogP contribution in [0.3, 0.4) is 0 Å². The van der Waals surface area contributed by atoms with Crippen molar-refractivity contribution in [1.29, 1.82) is 0 Å². The highest BCUT2D eigenvalue weighted by Crippen LogP contribution is 2.17. The Balaban J connectivity index is 2.64. The van der Waals surface area contributed by atoms with Crippen LogP contribution in [0.1, 0.15) is 17.2 Å². The lowest BCUT2D eigenvalue weighted by molar-refractivity contribution is -0.126. The average molecular weight is 232 g/mol. The summed E-state index contributed by atoms with van der Waals surface area (Å²) in [4.78, 5) is 0. The summed E-state index contributed by atoms with van der Waals surface area (Å²) in [7, 11) is 0. The van der Waals surface area contributed by atoms with E-state index in [9.17, 15) is 13.2 Å². The van der Waals surface area contributed by atoms with Gasteiger partial charge in [-0.15, -0.1) is 0 Å². The van der Waals surface area contributed by atoms with E-state index in [0.717, 1.165) is 11.1 Å². The van der Waals surface area contributed by atoms with E-state index in [0.29, 0.717) is 0 Å². The second kappa shape index (κ2) is 5.32. The quantitative estimate of drug-likeness (QED) is 0.834. The maximum absolute atomic E-state index is 12.0. The minimum Gasteiger partial charge on any atom is -0.329 e. The molecule has 1 aromatic carbocycles. The van der Waals surface area contributed by atoms with Crippen LogP contribution >= 0.6 is 0 Å². The zero-order valence-electron chi connectivity index (χ0n) is 9.01. The highest BCUT2D eigenvalue weighted by molar-refractivity contribution is 5.24. The molecule has 5 heteroatoms. The Hall–Kier alpha value is -1.07. The summed E-state index contributed by atoms with van der Waals surface area (Å²) in [5, 5.41) is 2.40. The van der Waals surface area contributed by atoms with Crippen molar-refractivity contribution in [2.75, 3.05) is 13.1 Å². The maximum Gasteiger partial charge on any atom is 0.401 e. The van der Waals surface area contributed by atoms with E-state index >= 15 is 0 Å². The molecule has 0 aliphatic rings. The van der Waals surface area contributed by atoms with Gasteiger partial charge in [-0.25, -0.2) is 0 Å². The van der Waals surface area contributed by atoms with Crippen LogP contribution in [0.5, 0.6) is 0 Å². The van der Waals surface area contributed by atoms with Gasteiger partial charge in [-0.2, -0.15) is 13.2 Å². The van der Waals surface area contributed by atoms with Crippen LogP contribution in [0.25, 0.3) is 0 Å². The highest BCUT2D eigenvalue weighted by atomic mass is 19.4. The zero-order valence-corrected chi connectivity index (χ0v) is 9.01. The van der Waals surface area contributed by atoms with Gasteiger partial charge in [0.15, 0.2) is 0 Å². The monoisotopic (exact) mass is 232 g/mol. The smallest absolute Gasteiger partial charge is 0.329 e. The largest absolute Gasteiger partial charge is 0.401 e. The molecular weight excluding hydrogens is 217 g/mol. The molecule has 0 aliphatic heterocycles. The van der Waals surface area contributed by atoms with Gasteiger partial charge in [0.05, 0.1) is 6.54 Å². The molecule has 16 heavy (non-hydrogen) atoms. The van der Waals surface area contributed by atoms with Crippen molar-refractivity contribution >= 4 is 0 Å². The molecule has 0 fully saturated rings. The van der Waals surface area contributed by atoms with Gasteiger partial charge < -0.3 is 11.1 Å². The summed E-state index contributed by atoms with van der Waals surface area (Å²) < 4.78 is 36.1. The molecule has 0 spiro atoms. The molecule has 0 aliphatic carbocycles. The number of nitrogens with one attached hydrogen (secondary N) is 1. The predicted octanol–water partition coefficient (Wildman–Crippen LogP) is 2.15. The molecule has 1 atom stereocenters. The first-order chi connectivity index (χ1) is 7.42. The molecule has 3 N–H and O–H groups in total. The number of alkyl halides is 3. The molecule has 1 aromatic rings. The molecule has 0 saturated carbocycles. The summed E-state index contributed by atoms with van der Waals surface area (Å²) >= 11 is 0. The Morgan fingerprint density at radius 2 is 1.81 bits per heavy atom. The zero-order chi connectivity index (χ0) is 12.2. The Morgan fingerprint density at radius 3 is 2.25 bits per heavy atom. The summed E-state index contributed by atoms with van der Waals surface area (Å²) in [6.45, 7) is 1.03. The molecule has 0 aromatic heterocycles. The van der Waals surface area contributed by atoms with Gasteiger partial charge in [-0.1, -0.05) is 29.8 Å². The molecule has 0 radical (unpaired) electrons. The van der Waals surface area contributed by atoms with Crippen LogP contribution in [0, 0.1) is 6.92 Å². The Labute approximate surface area is 92.6 Å². The van der Waals surface area contributed by atoms with Crippen LogP contribution in [-0.4, -0.2) is 19.3 Å². The first-order valence-electron chi connectivity index (χ1n) is 4.99. The van der Waals surface area contributed by atoms with E-state index in [2.05, 4.69) is 5.32 Å². The fourth-order valence-electron chi connectivity index (χ4n) is 1.37. The third-order valence-electron chi connectivity index (χ3n) is 2.26. The number of hydrogen-bond donors (Lipinski definition) is 2. The van der Waals surface area contributed by atoms with Gasteiger partial charge in [0.1, 0.15) is 0 Å². The summed E-state index contributed by atoms with van der Waals surface area (Å²) in [6, 6.07) is 6.83. The minimum absolute atomic E-state index is 0.138. The van der Waals surface area contributed by atoms with Gasteiger partial charge in [-0.05, 0) is 12.5 Å². The first kappa shape index (κ1) is 13.0. The van der Waals surface area contributed by atoms with Gasteiger partial charge in [-0.3, -0.25) is 0 Å². The Bertz CT molecular complexity index is 319. The van der Waals surface area contributed by atoms with Gasteiger partial charge in [0.2, 0.25) is 0 Å². The van der Waals surface area contributed by atoms with Crippen LogP contribution in [0.15, 0.2) is 24.3 Å². The third-order valence-corrected chi connectivity index (χ3v) is 2.26. The van der Waals surface area contributed by atoms with Crippen LogP contribution < -0.4 is 11.1 Å². The van der Waals surface area contributed by atoms with E-state index in [1.807, 2.05) is 19.1 Å². The van der Waals surface area contributed by atoms with Crippen LogP contribution in [-0.2, 0) is 0 Å². The molecule has 1 rings (SSSR count). The first-order valence-corrected chi connectivity index (χ1v) is 4.99. The van der Waals surface area contributed by atoms with Crippen molar-refractivity contribution in [2.45, 2.75) is 19.1 Å². The van der Waals surface area contributed by atoms with Crippen LogP contribution in [0.4, 0.5) is 13.2 Å². The van der Waals surface area contributed by atoms with Crippen molar-refractivity contribution in [3.63, 3.8) is 0 Å². The molecule has 1 unspecified atom stereocenters. The number of benzene rings is 1. The van der Waals surface area contributed by atoms with Gasteiger partial charge >= 0.3 is 6.18 Å². The standard InChI is InChI=1S/C11H15F3N2/c1-8-2-4-9(5-3-8)10(6-15)16-7-11(12,13)14/h2-5,10,16H,6-7,15H2,1H3. The Morgan fingerprint density at radius 1 is 1.25 bits per heavy atom. The molecule has 2 nitrogen and oxygen atoms in total. The fraction of sp³-hybridized carbons (Fsp3) is 0.455. The van der Waals surface area contributed by atoms with E-state index in [1.54, 1.807) is 12.1 Å². The number of halogens is 3. The second-order valence-electron chi connectivity index (χ2n) is 3.70. The highest BCUT2D eigenvalue weighted by Gasteiger charge is 2.28. The molecular formula is C11H15F3N2. The number of nitrogens with two attached hydrogens (primary N) is 1. The van der Waals surface area contributed by atoms with Crippen molar-refractivity contribution in [1.82, 2.24) is 5.32 Å². The van der Waals surface area contributed by atoms with E-state index in [4.69, 9.17) is 5.73 Å². The van der Waals surface area contributed by atoms with Gasteiger partial charge in [0.25, 0.3) is 0 Å². The normalized spacial score (nSPS) is 13.8. The molecule has 90 valence electrons. The van der Waals surface area contributed by atoms with E-state index < -0.39 is 18.8 Å². The summed E-state index contributed by atoms with van der Waals surface area (Å²) in [5.41, 5.74) is 7.28. The summed E-state index contributed by atoms with van der Waals surface area (Å²) in [6.07, 6.45) is -4.21. The SMILES string of the molecule is Cc1ccc(C(CN)NCC(F)(F)F)cc1. The minimum atomic E-state index is -4.21.